The van der Waals surface area contributed by atoms with Gasteiger partial charge >= 0.3 is 0 Å². The van der Waals surface area contributed by atoms with Gasteiger partial charge in [0.2, 0.25) is 20.0 Å². The third-order valence-corrected chi connectivity index (χ3v) is 9.09. The summed E-state index contributed by atoms with van der Waals surface area (Å²) in [5.74, 6) is -0.711. The molecule has 2 N–H and O–H groups in total. The molecule has 1 aromatic heterocycles. The van der Waals surface area contributed by atoms with Crippen molar-refractivity contribution in [3.8, 4) is 0 Å². The lowest BCUT2D eigenvalue weighted by molar-refractivity contribution is 0.102. The molecule has 0 saturated carbocycles. The summed E-state index contributed by atoms with van der Waals surface area (Å²) in [5, 5.41) is 4.29. The smallest absolute Gasteiger partial charge is 0.267 e. The minimum absolute atomic E-state index is 0.0212. The van der Waals surface area contributed by atoms with Crippen LogP contribution in [0.15, 0.2) is 53.3 Å². The molecule has 0 unspecified atom stereocenters. The largest absolute Gasteiger partial charge is 0.321 e. The molecule has 0 spiro atoms. The number of amides is 1. The predicted octanol–water partition coefficient (Wildman–Crippen LogP) is 2.78. The van der Waals surface area contributed by atoms with E-state index in [2.05, 4.69) is 16.6 Å². The molecule has 3 rings (SSSR count). The van der Waals surface area contributed by atoms with Gasteiger partial charge in [-0.1, -0.05) is 24.6 Å². The van der Waals surface area contributed by atoms with Gasteiger partial charge in [0.25, 0.3) is 5.91 Å². The molecule has 0 radical (unpaired) electrons. The van der Waals surface area contributed by atoms with E-state index in [1.165, 1.54) is 16.4 Å². The van der Waals surface area contributed by atoms with Crippen molar-refractivity contribution in [3.05, 3.63) is 58.8 Å². The third kappa shape index (κ3) is 6.01. The van der Waals surface area contributed by atoms with Crippen LogP contribution in [-0.4, -0.2) is 46.7 Å². The first kappa shape index (κ1) is 23.6. The van der Waals surface area contributed by atoms with Crippen LogP contribution in [-0.2, 0) is 25.8 Å². The van der Waals surface area contributed by atoms with Crippen LogP contribution in [0.5, 0.6) is 0 Å². The van der Waals surface area contributed by atoms with E-state index in [0.29, 0.717) is 24.3 Å². The SMILES string of the molecule is C=CCNS(=O)(=O)Cc1ccc(NC(=O)c2sccc2S(=O)(=O)N2CCCCC2)cc1. The first-order valence-corrected chi connectivity index (χ1v) is 13.8. The lowest BCUT2D eigenvalue weighted by atomic mass is 10.2. The summed E-state index contributed by atoms with van der Waals surface area (Å²) in [6.45, 7) is 4.55. The number of nitrogens with zero attached hydrogens (tertiary/aromatic N) is 1. The normalized spacial score (nSPS) is 15.5. The number of carbonyl (C=O) groups excluding carboxylic acids is 1. The molecule has 1 amide bonds. The van der Waals surface area contributed by atoms with Crippen molar-refractivity contribution in [2.75, 3.05) is 25.0 Å². The van der Waals surface area contributed by atoms with Crippen molar-refractivity contribution in [2.45, 2.75) is 29.9 Å². The third-order valence-electron chi connectivity index (χ3n) is 4.78. The molecule has 8 nitrogen and oxygen atoms in total. The van der Waals surface area contributed by atoms with Gasteiger partial charge in [0.15, 0.2) is 0 Å². The monoisotopic (exact) mass is 483 g/mol. The maximum Gasteiger partial charge on any atom is 0.267 e. The van der Waals surface area contributed by atoms with Crippen molar-refractivity contribution in [3.63, 3.8) is 0 Å². The second-order valence-corrected chi connectivity index (χ2v) is 11.8. The van der Waals surface area contributed by atoms with Crippen molar-refractivity contribution in [1.29, 1.82) is 0 Å². The van der Waals surface area contributed by atoms with Crippen LogP contribution >= 0.6 is 11.3 Å². The van der Waals surface area contributed by atoms with E-state index in [1.807, 2.05) is 0 Å². The van der Waals surface area contributed by atoms with Crippen molar-refractivity contribution >= 4 is 43.0 Å². The minimum atomic E-state index is -3.72. The summed E-state index contributed by atoms with van der Waals surface area (Å²) in [6, 6.07) is 7.84. The first-order chi connectivity index (χ1) is 14.7. The van der Waals surface area contributed by atoms with E-state index in [0.717, 1.165) is 30.6 Å². The summed E-state index contributed by atoms with van der Waals surface area (Å²) in [6.07, 6.45) is 4.09. The number of carbonyl (C=O) groups is 1. The molecule has 2 aromatic rings. The van der Waals surface area contributed by atoms with Crippen LogP contribution in [0.2, 0.25) is 0 Å². The molecule has 1 aromatic carbocycles. The maximum atomic E-state index is 13.0. The van der Waals surface area contributed by atoms with Gasteiger partial charge in [-0.25, -0.2) is 21.6 Å². The van der Waals surface area contributed by atoms with Gasteiger partial charge in [-0.05, 0) is 42.0 Å². The van der Waals surface area contributed by atoms with Crippen LogP contribution in [0, 0.1) is 0 Å². The first-order valence-electron chi connectivity index (χ1n) is 9.79. The lowest BCUT2D eigenvalue weighted by Gasteiger charge is -2.25. The number of hydrogen-bond acceptors (Lipinski definition) is 6. The van der Waals surface area contributed by atoms with Crippen LogP contribution in [0.1, 0.15) is 34.5 Å². The zero-order valence-corrected chi connectivity index (χ0v) is 19.4. The summed E-state index contributed by atoms with van der Waals surface area (Å²) in [7, 11) is -7.20. The number of anilines is 1. The predicted molar refractivity (Wildman–Crippen MR) is 122 cm³/mol. The summed E-state index contributed by atoms with van der Waals surface area (Å²) >= 11 is 1.07. The number of thiophene rings is 1. The lowest BCUT2D eigenvalue weighted by Crippen LogP contribution is -2.36. The fourth-order valence-corrected chi connectivity index (χ4v) is 7.16. The molecule has 168 valence electrons. The standard InChI is InChI=1S/C20H25N3O5S3/c1-2-11-21-30(25,26)15-16-6-8-17(9-7-16)22-20(24)19-18(10-14-29-19)31(27,28)23-12-4-3-5-13-23/h2,6-10,14,21H,1,3-5,11-13,15H2,(H,22,24). The second kappa shape index (κ2) is 10.0. The molecule has 1 fully saturated rings. The molecule has 1 saturated heterocycles. The molecular weight excluding hydrogens is 458 g/mol. The Hall–Kier alpha value is -2.05. The van der Waals surface area contributed by atoms with E-state index in [4.69, 9.17) is 0 Å². The highest BCUT2D eigenvalue weighted by atomic mass is 32.2. The molecule has 1 aliphatic rings. The molecule has 31 heavy (non-hydrogen) atoms. The van der Waals surface area contributed by atoms with Crippen molar-refractivity contribution < 1.29 is 21.6 Å². The zero-order chi connectivity index (χ0) is 22.5. The van der Waals surface area contributed by atoms with Gasteiger partial charge in [0, 0.05) is 25.3 Å². The van der Waals surface area contributed by atoms with Crippen molar-refractivity contribution in [1.82, 2.24) is 9.03 Å². The summed E-state index contributed by atoms with van der Waals surface area (Å²) < 4.78 is 53.7. The van der Waals surface area contributed by atoms with E-state index >= 15 is 0 Å². The van der Waals surface area contributed by atoms with E-state index in [-0.39, 0.29) is 22.1 Å². The van der Waals surface area contributed by atoms with Gasteiger partial charge < -0.3 is 5.32 Å². The molecule has 1 aliphatic heterocycles. The van der Waals surface area contributed by atoms with Crippen LogP contribution < -0.4 is 10.0 Å². The Kier molecular flexibility index (Phi) is 7.65. The van der Waals surface area contributed by atoms with Gasteiger partial charge in [-0.2, -0.15) is 4.31 Å². The molecule has 0 bridgehead atoms. The number of rotatable bonds is 9. The maximum absolute atomic E-state index is 13.0. The van der Waals surface area contributed by atoms with Crippen molar-refractivity contribution in [2.24, 2.45) is 0 Å². The average molecular weight is 484 g/mol. The van der Waals surface area contributed by atoms with Crippen LogP contribution in [0.4, 0.5) is 5.69 Å². The molecule has 0 aliphatic carbocycles. The minimum Gasteiger partial charge on any atom is -0.321 e. The topological polar surface area (TPSA) is 113 Å². The van der Waals surface area contributed by atoms with Crippen LogP contribution in [0.3, 0.4) is 0 Å². The fraction of sp³-hybridized carbons (Fsp3) is 0.350. The Morgan fingerprint density at radius 3 is 2.39 bits per heavy atom. The van der Waals surface area contributed by atoms with E-state index in [9.17, 15) is 21.6 Å². The van der Waals surface area contributed by atoms with E-state index < -0.39 is 26.0 Å². The number of piperidine rings is 1. The number of benzene rings is 1. The summed E-state index contributed by atoms with van der Waals surface area (Å²) in [5.41, 5.74) is 0.999. The number of hydrogen-bond donors (Lipinski definition) is 2. The Labute approximate surface area is 187 Å². The average Bonchev–Trinajstić information content (AvgIpc) is 3.25. The Morgan fingerprint density at radius 1 is 1.06 bits per heavy atom. The summed E-state index contributed by atoms with van der Waals surface area (Å²) in [4.78, 5) is 12.9. The Bertz CT molecular complexity index is 1130. The Morgan fingerprint density at radius 2 is 1.74 bits per heavy atom. The highest BCUT2D eigenvalue weighted by Crippen LogP contribution is 2.28. The quantitative estimate of drug-likeness (QED) is 0.533. The highest BCUT2D eigenvalue weighted by Gasteiger charge is 2.31. The fourth-order valence-electron chi connectivity index (χ4n) is 3.24. The molecule has 0 atom stereocenters. The zero-order valence-electron chi connectivity index (χ0n) is 16.9. The number of sulfonamides is 2. The van der Waals surface area contributed by atoms with Gasteiger partial charge in [-0.15, -0.1) is 17.9 Å². The highest BCUT2D eigenvalue weighted by molar-refractivity contribution is 7.89. The van der Waals surface area contributed by atoms with Gasteiger partial charge in [0.05, 0.1) is 5.75 Å². The van der Waals surface area contributed by atoms with Crippen LogP contribution in [0.25, 0.3) is 0 Å². The molecule has 2 heterocycles. The Balaban J connectivity index is 1.70. The van der Waals surface area contributed by atoms with Gasteiger partial charge in [-0.3, -0.25) is 4.79 Å². The molecule has 11 heteroatoms. The van der Waals surface area contributed by atoms with Gasteiger partial charge in [0.1, 0.15) is 9.77 Å². The van der Waals surface area contributed by atoms with E-state index in [1.54, 1.807) is 29.6 Å². The second-order valence-electron chi connectivity index (χ2n) is 7.13. The number of nitrogens with one attached hydrogen (secondary N) is 2. The molecular formula is C20H25N3O5S3.